The summed E-state index contributed by atoms with van der Waals surface area (Å²) in [6, 6.07) is 6.54. The zero-order valence-electron chi connectivity index (χ0n) is 13.7. The molecule has 1 aliphatic heterocycles. The highest BCUT2D eigenvalue weighted by molar-refractivity contribution is 5.92. The molecule has 0 unspecified atom stereocenters. The Balaban J connectivity index is 1.89. The van der Waals surface area contributed by atoms with Crippen molar-refractivity contribution >= 4 is 11.6 Å². The smallest absolute Gasteiger partial charge is 0.230 e. The van der Waals surface area contributed by atoms with Crippen molar-refractivity contribution in [3.63, 3.8) is 0 Å². The molecule has 5 N–H and O–H groups in total. The molecule has 0 spiro atoms. The van der Waals surface area contributed by atoms with Gasteiger partial charge in [-0.25, -0.2) is 0 Å². The lowest BCUT2D eigenvalue weighted by Crippen LogP contribution is -2.59. The molecule has 1 aliphatic rings. The zero-order valence-corrected chi connectivity index (χ0v) is 13.7. The summed E-state index contributed by atoms with van der Waals surface area (Å²) in [7, 11) is 0. The van der Waals surface area contributed by atoms with Gasteiger partial charge in [-0.05, 0) is 23.2 Å². The summed E-state index contributed by atoms with van der Waals surface area (Å²) in [4.78, 5) is 13.9. The largest absolute Gasteiger partial charge is 0.394 e. The lowest BCUT2D eigenvalue weighted by molar-refractivity contribution is -0.304. The van der Waals surface area contributed by atoms with Gasteiger partial charge in [0.05, 0.1) is 13.2 Å². The Bertz CT molecular complexity index is 648. The van der Waals surface area contributed by atoms with Crippen LogP contribution in [0.5, 0.6) is 0 Å². The average molecular weight is 368 g/mol. The Morgan fingerprint density at radius 1 is 1.23 bits per heavy atom. The van der Waals surface area contributed by atoms with Crippen LogP contribution in [0.25, 0.3) is 10.4 Å². The Morgan fingerprint density at radius 3 is 2.54 bits per heavy atom. The molecule has 11 heteroatoms. The predicted molar refractivity (Wildman–Crippen MR) is 87.6 cm³/mol. The molecular weight excluding hydrogens is 348 g/mol. The zero-order chi connectivity index (χ0) is 19.1. The molecule has 1 heterocycles. The highest BCUT2D eigenvalue weighted by Crippen LogP contribution is 2.23. The number of nitrogens with one attached hydrogen (secondary N) is 1. The maximum absolute atomic E-state index is 11.4. The standard InChI is InChI=1S/C15H20N4O7/c16-19-17-5-11(21)18-9-3-1-8(2-4-9)7-25-15-14(24)13(23)12(22)10(6-20)26-15/h1-4,10,12-15,20,22-24H,5-7H2,(H,18,21)/t10-,12+,13+,14-,15-/m1/s1. The second-order valence-corrected chi connectivity index (χ2v) is 5.64. The van der Waals surface area contributed by atoms with E-state index in [9.17, 15) is 20.1 Å². The molecule has 0 aliphatic carbocycles. The number of hydrogen-bond donors (Lipinski definition) is 5. The van der Waals surface area contributed by atoms with Gasteiger partial charge >= 0.3 is 0 Å². The number of aliphatic hydroxyl groups excluding tert-OH is 4. The fraction of sp³-hybridized carbons (Fsp3) is 0.533. The quantitative estimate of drug-likeness (QED) is 0.239. The minimum absolute atomic E-state index is 0.0235. The number of carbonyl (C=O) groups excluding carboxylic acids is 1. The highest BCUT2D eigenvalue weighted by atomic mass is 16.7. The molecule has 26 heavy (non-hydrogen) atoms. The van der Waals surface area contributed by atoms with Crippen LogP contribution in [0.2, 0.25) is 0 Å². The average Bonchev–Trinajstić information content (AvgIpc) is 2.65. The third-order valence-electron chi connectivity index (χ3n) is 3.78. The van der Waals surface area contributed by atoms with Crippen LogP contribution in [0.4, 0.5) is 5.69 Å². The molecule has 2 rings (SSSR count). The SMILES string of the molecule is [N-]=[N+]=NCC(=O)Nc1ccc(CO[C@@H]2O[C@H](CO)[C@H](O)[C@H](O)[C@H]2O)cc1. The van der Waals surface area contributed by atoms with Crippen LogP contribution in [-0.4, -0.2) is 70.2 Å². The van der Waals surface area contributed by atoms with Crippen molar-refractivity contribution in [3.05, 3.63) is 40.3 Å². The van der Waals surface area contributed by atoms with Crippen molar-refractivity contribution in [1.82, 2.24) is 0 Å². The summed E-state index contributed by atoms with van der Waals surface area (Å²) >= 11 is 0. The maximum Gasteiger partial charge on any atom is 0.230 e. The van der Waals surface area contributed by atoms with E-state index in [1.165, 1.54) is 0 Å². The molecule has 1 aromatic rings. The first kappa shape index (κ1) is 20.1. The molecule has 5 atom stereocenters. The first-order chi connectivity index (χ1) is 12.5. The molecule has 1 saturated heterocycles. The summed E-state index contributed by atoms with van der Waals surface area (Å²) in [6.07, 6.45) is -6.66. The van der Waals surface area contributed by atoms with E-state index in [1.54, 1.807) is 24.3 Å². The molecule has 1 aromatic carbocycles. The van der Waals surface area contributed by atoms with E-state index in [-0.39, 0.29) is 13.2 Å². The number of anilines is 1. The number of rotatable bonds is 7. The van der Waals surface area contributed by atoms with Gasteiger partial charge in [-0.3, -0.25) is 4.79 Å². The van der Waals surface area contributed by atoms with Crippen LogP contribution in [0, 0.1) is 0 Å². The number of carbonyl (C=O) groups is 1. The van der Waals surface area contributed by atoms with Crippen molar-refractivity contribution in [2.24, 2.45) is 5.11 Å². The van der Waals surface area contributed by atoms with Gasteiger partial charge in [-0.1, -0.05) is 17.2 Å². The van der Waals surface area contributed by atoms with Gasteiger partial charge in [-0.2, -0.15) is 0 Å². The van der Waals surface area contributed by atoms with E-state index in [2.05, 4.69) is 15.3 Å². The van der Waals surface area contributed by atoms with E-state index >= 15 is 0 Å². The summed E-state index contributed by atoms with van der Waals surface area (Å²) in [6.45, 7) is -0.816. The number of aliphatic hydroxyl groups is 4. The van der Waals surface area contributed by atoms with E-state index < -0.39 is 43.2 Å². The van der Waals surface area contributed by atoms with Gasteiger partial charge in [0.15, 0.2) is 6.29 Å². The summed E-state index contributed by atoms with van der Waals surface area (Å²) in [5.74, 6) is -0.451. The summed E-state index contributed by atoms with van der Waals surface area (Å²) < 4.78 is 10.6. The third kappa shape index (κ3) is 5.13. The number of amides is 1. The monoisotopic (exact) mass is 368 g/mol. The van der Waals surface area contributed by atoms with Crippen molar-refractivity contribution in [2.75, 3.05) is 18.5 Å². The van der Waals surface area contributed by atoms with E-state index in [0.29, 0.717) is 11.3 Å². The van der Waals surface area contributed by atoms with Crippen molar-refractivity contribution in [3.8, 4) is 0 Å². The van der Waals surface area contributed by atoms with Crippen LogP contribution in [0.15, 0.2) is 29.4 Å². The van der Waals surface area contributed by atoms with Gasteiger partial charge in [0.25, 0.3) is 0 Å². The predicted octanol–water partition coefficient (Wildman–Crippen LogP) is -0.748. The van der Waals surface area contributed by atoms with Gasteiger partial charge in [0, 0.05) is 10.6 Å². The topological polar surface area (TPSA) is 177 Å². The molecule has 0 aromatic heterocycles. The van der Waals surface area contributed by atoms with E-state index in [1.807, 2.05) is 0 Å². The van der Waals surface area contributed by atoms with E-state index in [4.69, 9.17) is 20.1 Å². The Morgan fingerprint density at radius 2 is 1.92 bits per heavy atom. The van der Waals surface area contributed by atoms with Crippen LogP contribution < -0.4 is 5.32 Å². The Kier molecular flexibility index (Phi) is 7.30. The van der Waals surface area contributed by atoms with Gasteiger partial charge in [0.1, 0.15) is 31.0 Å². The number of azide groups is 1. The van der Waals surface area contributed by atoms with Gasteiger partial charge in [0.2, 0.25) is 5.91 Å². The fourth-order valence-electron chi connectivity index (χ4n) is 2.36. The number of benzene rings is 1. The Labute approximate surface area is 148 Å². The number of nitrogens with zero attached hydrogens (tertiary/aromatic N) is 3. The summed E-state index contributed by atoms with van der Waals surface area (Å²) in [5.41, 5.74) is 9.35. The van der Waals surface area contributed by atoms with Crippen LogP contribution in [0.3, 0.4) is 0 Å². The molecule has 0 bridgehead atoms. The molecular formula is C15H20N4O7. The number of hydrogen-bond acceptors (Lipinski definition) is 8. The molecule has 1 amide bonds. The molecule has 0 saturated carbocycles. The van der Waals surface area contributed by atoms with Crippen molar-refractivity contribution in [1.29, 1.82) is 0 Å². The lowest BCUT2D eigenvalue weighted by atomic mass is 9.99. The molecule has 11 nitrogen and oxygen atoms in total. The first-order valence-corrected chi connectivity index (χ1v) is 7.78. The van der Waals surface area contributed by atoms with Crippen LogP contribution in [0.1, 0.15) is 5.56 Å². The second-order valence-electron chi connectivity index (χ2n) is 5.64. The molecule has 1 fully saturated rings. The molecule has 142 valence electrons. The molecule has 0 radical (unpaired) electrons. The maximum atomic E-state index is 11.4. The Hall–Kier alpha value is -2.24. The lowest BCUT2D eigenvalue weighted by Gasteiger charge is -2.39. The normalized spacial score (nSPS) is 28.2. The van der Waals surface area contributed by atoms with Gasteiger partial charge in [-0.15, -0.1) is 0 Å². The fourth-order valence-corrected chi connectivity index (χ4v) is 2.36. The first-order valence-electron chi connectivity index (χ1n) is 7.78. The third-order valence-corrected chi connectivity index (χ3v) is 3.78. The number of ether oxygens (including phenoxy) is 2. The summed E-state index contributed by atoms with van der Waals surface area (Å²) in [5, 5.41) is 44.1. The van der Waals surface area contributed by atoms with Crippen molar-refractivity contribution < 1.29 is 34.7 Å². The highest BCUT2D eigenvalue weighted by Gasteiger charge is 2.43. The second kappa shape index (κ2) is 9.46. The van der Waals surface area contributed by atoms with Crippen molar-refractivity contribution in [2.45, 2.75) is 37.3 Å². The van der Waals surface area contributed by atoms with Crippen LogP contribution >= 0.6 is 0 Å². The minimum atomic E-state index is -1.50. The van der Waals surface area contributed by atoms with E-state index in [0.717, 1.165) is 0 Å². The van der Waals surface area contributed by atoms with Crippen LogP contribution in [-0.2, 0) is 20.9 Å². The van der Waals surface area contributed by atoms with Gasteiger partial charge < -0.3 is 35.2 Å². The minimum Gasteiger partial charge on any atom is -0.394 e.